The second-order valence-corrected chi connectivity index (χ2v) is 4.80. The molecule has 2 aromatic rings. The zero-order valence-corrected chi connectivity index (χ0v) is 12.1. The maximum absolute atomic E-state index is 13.2. The fourth-order valence-electron chi connectivity index (χ4n) is 2.12. The fourth-order valence-corrected chi connectivity index (χ4v) is 2.12. The molecule has 0 aromatic heterocycles. The first-order valence-electron chi connectivity index (χ1n) is 6.70. The molecule has 0 saturated carbocycles. The van der Waals surface area contributed by atoms with Gasteiger partial charge in [0, 0.05) is 12.6 Å². The van der Waals surface area contributed by atoms with Gasteiger partial charge in [0.25, 0.3) is 0 Å². The van der Waals surface area contributed by atoms with Gasteiger partial charge in [-0.3, -0.25) is 0 Å². The monoisotopic (exact) mass is 284 g/mol. The number of benzene rings is 2. The first-order chi connectivity index (χ1) is 10.1. The highest BCUT2D eigenvalue weighted by atomic mass is 19.1. The Balaban J connectivity index is 2.05. The van der Waals surface area contributed by atoms with E-state index in [4.69, 9.17) is 10.00 Å². The summed E-state index contributed by atoms with van der Waals surface area (Å²) in [5, 5.41) is 12.4. The molecule has 1 N–H and O–H groups in total. The van der Waals surface area contributed by atoms with Gasteiger partial charge in [0.05, 0.1) is 12.7 Å². The molecule has 0 unspecified atom stereocenters. The van der Waals surface area contributed by atoms with Gasteiger partial charge in [0.2, 0.25) is 0 Å². The second kappa shape index (κ2) is 6.87. The van der Waals surface area contributed by atoms with Gasteiger partial charge in [-0.15, -0.1) is 0 Å². The Morgan fingerprint density at radius 3 is 2.76 bits per heavy atom. The Morgan fingerprint density at radius 1 is 1.29 bits per heavy atom. The Bertz CT molecular complexity index is 664. The van der Waals surface area contributed by atoms with E-state index in [1.807, 2.05) is 19.1 Å². The van der Waals surface area contributed by atoms with Crippen LogP contribution in [-0.2, 0) is 6.54 Å². The first-order valence-corrected chi connectivity index (χ1v) is 6.70. The summed E-state index contributed by atoms with van der Waals surface area (Å²) in [7, 11) is 1.54. The van der Waals surface area contributed by atoms with E-state index in [9.17, 15) is 4.39 Å². The van der Waals surface area contributed by atoms with Crippen LogP contribution in [-0.4, -0.2) is 7.11 Å². The van der Waals surface area contributed by atoms with Crippen LogP contribution in [0.3, 0.4) is 0 Å². The summed E-state index contributed by atoms with van der Waals surface area (Å²) in [5.41, 5.74) is 2.38. The number of nitrogens with one attached hydrogen (secondary N) is 1. The lowest BCUT2D eigenvalue weighted by molar-refractivity contribution is 0.413. The lowest BCUT2D eigenvalue weighted by Gasteiger charge is -2.15. The summed E-state index contributed by atoms with van der Waals surface area (Å²) in [6, 6.07) is 14.1. The van der Waals surface area contributed by atoms with E-state index in [0.29, 0.717) is 17.9 Å². The molecule has 108 valence electrons. The van der Waals surface area contributed by atoms with E-state index in [2.05, 4.69) is 11.4 Å². The summed E-state index contributed by atoms with van der Waals surface area (Å²) < 4.78 is 18.3. The van der Waals surface area contributed by atoms with Gasteiger partial charge in [0.1, 0.15) is 17.6 Å². The van der Waals surface area contributed by atoms with Crippen LogP contribution >= 0.6 is 0 Å². The third-order valence-electron chi connectivity index (χ3n) is 3.35. The first kappa shape index (κ1) is 15.0. The number of halogens is 1. The molecule has 3 nitrogen and oxygen atoms in total. The minimum absolute atomic E-state index is 0.0216. The number of hydrogen-bond acceptors (Lipinski definition) is 3. The molecule has 0 bridgehead atoms. The normalized spacial score (nSPS) is 11.7. The van der Waals surface area contributed by atoms with Crippen molar-refractivity contribution in [2.75, 3.05) is 7.11 Å². The second-order valence-electron chi connectivity index (χ2n) is 4.80. The van der Waals surface area contributed by atoms with E-state index in [0.717, 1.165) is 11.1 Å². The van der Waals surface area contributed by atoms with Gasteiger partial charge >= 0.3 is 0 Å². The molecule has 0 amide bonds. The van der Waals surface area contributed by atoms with Gasteiger partial charge in [0.15, 0.2) is 0 Å². The SMILES string of the molecule is COc1ccc(CN[C@@H](C)c2cccc(F)c2)cc1C#N. The number of hydrogen-bond donors (Lipinski definition) is 1. The van der Waals surface area contributed by atoms with Crippen LogP contribution in [0.4, 0.5) is 4.39 Å². The molecule has 0 aliphatic rings. The molecule has 4 heteroatoms. The summed E-state index contributed by atoms with van der Waals surface area (Å²) in [5.74, 6) is 0.330. The number of methoxy groups -OCH3 is 1. The lowest BCUT2D eigenvalue weighted by Crippen LogP contribution is -2.18. The molecule has 2 aromatic carbocycles. The van der Waals surface area contributed by atoms with Crippen LogP contribution in [0.15, 0.2) is 42.5 Å². The third-order valence-corrected chi connectivity index (χ3v) is 3.35. The van der Waals surface area contributed by atoms with Crippen LogP contribution in [0.2, 0.25) is 0 Å². The molecule has 1 atom stereocenters. The Kier molecular flexibility index (Phi) is 4.91. The maximum Gasteiger partial charge on any atom is 0.136 e. The summed E-state index contributed by atoms with van der Waals surface area (Å²) >= 11 is 0. The summed E-state index contributed by atoms with van der Waals surface area (Å²) in [6.45, 7) is 2.57. The van der Waals surface area contributed by atoms with Crippen molar-refractivity contribution in [3.05, 3.63) is 65.0 Å². The van der Waals surface area contributed by atoms with Crippen molar-refractivity contribution in [3.63, 3.8) is 0 Å². The van der Waals surface area contributed by atoms with Gasteiger partial charge in [-0.25, -0.2) is 4.39 Å². The van der Waals surface area contributed by atoms with Crippen LogP contribution in [0.1, 0.15) is 29.7 Å². The number of nitriles is 1. The summed E-state index contributed by atoms with van der Waals surface area (Å²) in [4.78, 5) is 0. The topological polar surface area (TPSA) is 45.0 Å². The Labute approximate surface area is 124 Å². The zero-order chi connectivity index (χ0) is 15.2. The highest BCUT2D eigenvalue weighted by molar-refractivity contribution is 5.45. The Hall–Kier alpha value is -2.38. The van der Waals surface area contributed by atoms with Crippen molar-refractivity contribution in [1.82, 2.24) is 5.32 Å². The van der Waals surface area contributed by atoms with Crippen molar-refractivity contribution >= 4 is 0 Å². The zero-order valence-electron chi connectivity index (χ0n) is 12.1. The van der Waals surface area contributed by atoms with Gasteiger partial charge < -0.3 is 10.1 Å². The molecule has 0 aliphatic heterocycles. The van der Waals surface area contributed by atoms with E-state index in [1.165, 1.54) is 12.1 Å². The molecule has 0 aliphatic carbocycles. The minimum atomic E-state index is -0.239. The van der Waals surface area contributed by atoms with Gasteiger partial charge in [-0.05, 0) is 42.3 Å². The largest absolute Gasteiger partial charge is 0.495 e. The maximum atomic E-state index is 13.2. The minimum Gasteiger partial charge on any atom is -0.495 e. The van der Waals surface area contributed by atoms with Crippen LogP contribution in [0.25, 0.3) is 0 Å². The van der Waals surface area contributed by atoms with Crippen molar-refractivity contribution in [2.45, 2.75) is 19.5 Å². The molecule has 21 heavy (non-hydrogen) atoms. The Morgan fingerprint density at radius 2 is 2.10 bits per heavy atom. The number of ether oxygens (including phenoxy) is 1. The molecule has 0 spiro atoms. The van der Waals surface area contributed by atoms with Crippen molar-refractivity contribution < 1.29 is 9.13 Å². The molecule has 0 saturated heterocycles. The average molecular weight is 284 g/mol. The standard InChI is InChI=1S/C17H17FN2O/c1-12(14-4-3-5-16(18)9-14)20-11-13-6-7-17(21-2)15(8-13)10-19/h3-9,12,20H,11H2,1-2H3/t12-/m0/s1. The van der Waals surface area contributed by atoms with Crippen LogP contribution in [0.5, 0.6) is 5.75 Å². The van der Waals surface area contributed by atoms with E-state index in [1.54, 1.807) is 25.3 Å². The predicted octanol–water partition coefficient (Wildman–Crippen LogP) is 3.56. The van der Waals surface area contributed by atoms with Crippen molar-refractivity contribution in [2.24, 2.45) is 0 Å². The van der Waals surface area contributed by atoms with Crippen LogP contribution < -0.4 is 10.1 Å². The molecule has 0 radical (unpaired) electrons. The predicted molar refractivity (Wildman–Crippen MR) is 79.4 cm³/mol. The smallest absolute Gasteiger partial charge is 0.136 e. The highest BCUT2D eigenvalue weighted by Crippen LogP contribution is 2.20. The molecular weight excluding hydrogens is 267 g/mol. The summed E-state index contributed by atoms with van der Waals surface area (Å²) in [6.07, 6.45) is 0. The van der Waals surface area contributed by atoms with E-state index in [-0.39, 0.29) is 11.9 Å². The average Bonchev–Trinajstić information content (AvgIpc) is 2.52. The third kappa shape index (κ3) is 3.80. The molecule has 0 fully saturated rings. The van der Waals surface area contributed by atoms with Crippen LogP contribution in [0, 0.1) is 17.1 Å². The lowest BCUT2D eigenvalue weighted by atomic mass is 10.1. The highest BCUT2D eigenvalue weighted by Gasteiger charge is 2.07. The molecular formula is C17H17FN2O. The van der Waals surface area contributed by atoms with E-state index >= 15 is 0 Å². The quantitative estimate of drug-likeness (QED) is 0.913. The molecule has 0 heterocycles. The number of nitrogens with zero attached hydrogens (tertiary/aromatic N) is 1. The van der Waals surface area contributed by atoms with Gasteiger partial charge in [-0.1, -0.05) is 18.2 Å². The fraction of sp³-hybridized carbons (Fsp3) is 0.235. The van der Waals surface area contributed by atoms with Gasteiger partial charge in [-0.2, -0.15) is 5.26 Å². The van der Waals surface area contributed by atoms with Crippen molar-refractivity contribution in [1.29, 1.82) is 5.26 Å². The van der Waals surface area contributed by atoms with Crippen molar-refractivity contribution in [3.8, 4) is 11.8 Å². The molecule has 2 rings (SSSR count). The number of rotatable bonds is 5. The van der Waals surface area contributed by atoms with E-state index < -0.39 is 0 Å².